The van der Waals surface area contributed by atoms with Gasteiger partial charge in [0.2, 0.25) is 0 Å². The first-order valence-corrected chi connectivity index (χ1v) is 7.22. The van der Waals surface area contributed by atoms with Gasteiger partial charge in [-0.15, -0.1) is 11.3 Å². The lowest BCUT2D eigenvalue weighted by atomic mass is 10.1. The van der Waals surface area contributed by atoms with Crippen molar-refractivity contribution in [3.63, 3.8) is 0 Å². The van der Waals surface area contributed by atoms with E-state index in [4.69, 9.17) is 4.74 Å². The van der Waals surface area contributed by atoms with Crippen LogP contribution in [0.3, 0.4) is 0 Å². The lowest BCUT2D eigenvalue weighted by Crippen LogP contribution is -2.19. The summed E-state index contributed by atoms with van der Waals surface area (Å²) in [5.41, 5.74) is 0.796. The van der Waals surface area contributed by atoms with Crippen molar-refractivity contribution in [1.29, 1.82) is 0 Å². The normalized spacial score (nSPS) is 10.7. The van der Waals surface area contributed by atoms with Gasteiger partial charge >= 0.3 is 5.97 Å². The SMILES string of the molecule is CCOC(=O)Cc1csc(N(C)CCC(C)C)n1. The molecule has 4 nitrogen and oxygen atoms in total. The molecule has 0 aliphatic heterocycles. The number of carbonyl (C=O) groups is 1. The molecule has 0 aliphatic carbocycles. The fourth-order valence-electron chi connectivity index (χ4n) is 1.46. The Labute approximate surface area is 113 Å². The topological polar surface area (TPSA) is 42.4 Å². The second-order valence-corrected chi connectivity index (χ2v) is 5.54. The van der Waals surface area contributed by atoms with Crippen LogP contribution in [0, 0.1) is 5.92 Å². The van der Waals surface area contributed by atoms with Gasteiger partial charge in [-0.2, -0.15) is 0 Å². The van der Waals surface area contributed by atoms with E-state index in [-0.39, 0.29) is 12.4 Å². The number of hydrogen-bond acceptors (Lipinski definition) is 5. The minimum atomic E-state index is -0.209. The molecule has 0 N–H and O–H groups in total. The van der Waals surface area contributed by atoms with Crippen LogP contribution in [-0.4, -0.2) is 31.2 Å². The second-order valence-electron chi connectivity index (χ2n) is 4.71. The molecule has 102 valence electrons. The molecule has 0 fully saturated rings. The van der Waals surface area contributed by atoms with Crippen molar-refractivity contribution in [3.05, 3.63) is 11.1 Å². The minimum Gasteiger partial charge on any atom is -0.466 e. The summed E-state index contributed by atoms with van der Waals surface area (Å²) in [5.74, 6) is 0.477. The second kappa shape index (κ2) is 7.36. The highest BCUT2D eigenvalue weighted by molar-refractivity contribution is 7.13. The average Bonchev–Trinajstić information content (AvgIpc) is 2.74. The van der Waals surface area contributed by atoms with Crippen LogP contribution in [0.1, 0.15) is 32.9 Å². The third kappa shape index (κ3) is 5.04. The number of rotatable bonds is 7. The van der Waals surface area contributed by atoms with Gasteiger partial charge in [0, 0.05) is 19.0 Å². The predicted octanol–water partition coefficient (Wildman–Crippen LogP) is 2.73. The van der Waals surface area contributed by atoms with Gasteiger partial charge in [0.05, 0.1) is 18.7 Å². The molecule has 0 bridgehead atoms. The molecule has 0 amide bonds. The van der Waals surface area contributed by atoms with E-state index in [1.807, 2.05) is 19.4 Å². The van der Waals surface area contributed by atoms with Crippen molar-refractivity contribution in [2.24, 2.45) is 5.92 Å². The lowest BCUT2D eigenvalue weighted by Gasteiger charge is -2.16. The van der Waals surface area contributed by atoms with Crippen LogP contribution in [0.2, 0.25) is 0 Å². The molecule has 0 aliphatic rings. The van der Waals surface area contributed by atoms with E-state index >= 15 is 0 Å². The Morgan fingerprint density at radius 3 is 2.89 bits per heavy atom. The van der Waals surface area contributed by atoms with Gasteiger partial charge in [0.25, 0.3) is 0 Å². The molecule has 0 saturated carbocycles. The average molecular weight is 270 g/mol. The Bertz CT molecular complexity index is 377. The highest BCUT2D eigenvalue weighted by atomic mass is 32.1. The zero-order valence-corrected chi connectivity index (χ0v) is 12.4. The first-order chi connectivity index (χ1) is 8.52. The summed E-state index contributed by atoms with van der Waals surface area (Å²) >= 11 is 1.58. The Kier molecular flexibility index (Phi) is 6.12. The maximum atomic E-state index is 11.3. The standard InChI is InChI=1S/C13H22N2O2S/c1-5-17-12(16)8-11-9-18-13(14-11)15(4)7-6-10(2)3/h9-10H,5-8H2,1-4H3. The molecule has 0 radical (unpaired) electrons. The van der Waals surface area contributed by atoms with Crippen LogP contribution >= 0.6 is 11.3 Å². The summed E-state index contributed by atoms with van der Waals surface area (Å²) in [5, 5.41) is 2.90. The predicted molar refractivity (Wildman–Crippen MR) is 75.2 cm³/mol. The fourth-order valence-corrected chi connectivity index (χ4v) is 2.28. The molecule has 0 saturated heterocycles. The van der Waals surface area contributed by atoms with E-state index in [1.54, 1.807) is 11.3 Å². The Morgan fingerprint density at radius 2 is 2.28 bits per heavy atom. The number of esters is 1. The van der Waals surface area contributed by atoms with Gasteiger partial charge in [0.1, 0.15) is 0 Å². The number of ether oxygens (including phenoxy) is 1. The minimum absolute atomic E-state index is 0.209. The molecule has 0 unspecified atom stereocenters. The van der Waals surface area contributed by atoms with Crippen LogP contribution in [0.25, 0.3) is 0 Å². The molecule has 0 aromatic carbocycles. The number of carbonyl (C=O) groups excluding carboxylic acids is 1. The molecule has 1 aromatic rings. The number of aromatic nitrogens is 1. The number of nitrogens with zero attached hydrogens (tertiary/aromatic N) is 2. The molecule has 0 spiro atoms. The van der Waals surface area contributed by atoms with E-state index < -0.39 is 0 Å². The summed E-state index contributed by atoms with van der Waals surface area (Å²) in [6.45, 7) is 7.64. The van der Waals surface area contributed by atoms with Crippen LogP contribution in [0.15, 0.2) is 5.38 Å². The van der Waals surface area contributed by atoms with E-state index in [1.165, 1.54) is 0 Å². The molecule has 18 heavy (non-hydrogen) atoms. The number of thiazole rings is 1. The highest BCUT2D eigenvalue weighted by Crippen LogP contribution is 2.20. The third-order valence-corrected chi connectivity index (χ3v) is 3.54. The van der Waals surface area contributed by atoms with E-state index in [2.05, 4.69) is 23.7 Å². The van der Waals surface area contributed by atoms with Crippen LogP contribution in [-0.2, 0) is 16.0 Å². The lowest BCUT2D eigenvalue weighted by molar-refractivity contribution is -0.142. The molecule has 1 aromatic heterocycles. The van der Waals surface area contributed by atoms with Crippen molar-refractivity contribution < 1.29 is 9.53 Å². The van der Waals surface area contributed by atoms with Crippen molar-refractivity contribution >= 4 is 22.4 Å². The molecule has 1 heterocycles. The maximum Gasteiger partial charge on any atom is 0.311 e. The molecule has 5 heteroatoms. The summed E-state index contributed by atoms with van der Waals surface area (Å²) < 4.78 is 4.91. The molecular formula is C13H22N2O2S. The molecule has 0 atom stereocenters. The fraction of sp³-hybridized carbons (Fsp3) is 0.692. The highest BCUT2D eigenvalue weighted by Gasteiger charge is 2.11. The quantitative estimate of drug-likeness (QED) is 0.714. The van der Waals surface area contributed by atoms with Gasteiger partial charge in [0.15, 0.2) is 5.13 Å². The monoisotopic (exact) mass is 270 g/mol. The van der Waals surface area contributed by atoms with E-state index in [0.717, 1.165) is 23.8 Å². The summed E-state index contributed by atoms with van der Waals surface area (Å²) in [7, 11) is 2.04. The van der Waals surface area contributed by atoms with E-state index in [9.17, 15) is 4.79 Å². The zero-order valence-electron chi connectivity index (χ0n) is 11.6. The van der Waals surface area contributed by atoms with E-state index in [0.29, 0.717) is 12.5 Å². The summed E-state index contributed by atoms with van der Waals surface area (Å²) in [4.78, 5) is 17.9. The van der Waals surface area contributed by atoms with Crippen LogP contribution in [0.4, 0.5) is 5.13 Å². The van der Waals surface area contributed by atoms with Gasteiger partial charge < -0.3 is 9.64 Å². The van der Waals surface area contributed by atoms with Crippen molar-refractivity contribution in [2.45, 2.75) is 33.6 Å². The zero-order chi connectivity index (χ0) is 13.5. The van der Waals surface area contributed by atoms with Gasteiger partial charge in [-0.3, -0.25) is 4.79 Å². The first kappa shape index (κ1) is 15.0. The first-order valence-electron chi connectivity index (χ1n) is 6.34. The third-order valence-electron chi connectivity index (χ3n) is 2.54. The number of hydrogen-bond donors (Lipinski definition) is 0. The Hall–Kier alpha value is -1.10. The Morgan fingerprint density at radius 1 is 1.56 bits per heavy atom. The van der Waals surface area contributed by atoms with Gasteiger partial charge in [-0.25, -0.2) is 4.98 Å². The summed E-state index contributed by atoms with van der Waals surface area (Å²) in [6.07, 6.45) is 1.41. The number of anilines is 1. The maximum absolute atomic E-state index is 11.3. The van der Waals surface area contributed by atoms with Crippen molar-refractivity contribution in [3.8, 4) is 0 Å². The smallest absolute Gasteiger partial charge is 0.311 e. The molecular weight excluding hydrogens is 248 g/mol. The van der Waals surface area contributed by atoms with Crippen LogP contribution in [0.5, 0.6) is 0 Å². The van der Waals surface area contributed by atoms with Gasteiger partial charge in [-0.05, 0) is 19.3 Å². The summed E-state index contributed by atoms with van der Waals surface area (Å²) in [6, 6.07) is 0. The Balaban J connectivity index is 2.49. The van der Waals surface area contributed by atoms with Crippen molar-refractivity contribution in [2.75, 3.05) is 25.1 Å². The molecule has 1 rings (SSSR count). The van der Waals surface area contributed by atoms with Gasteiger partial charge in [-0.1, -0.05) is 13.8 Å². The largest absolute Gasteiger partial charge is 0.466 e. The van der Waals surface area contributed by atoms with Crippen LogP contribution < -0.4 is 4.90 Å². The van der Waals surface area contributed by atoms with Crippen molar-refractivity contribution in [1.82, 2.24) is 4.98 Å².